The maximum absolute atomic E-state index is 5.80. The summed E-state index contributed by atoms with van der Waals surface area (Å²) < 4.78 is 0.932. The van der Waals surface area contributed by atoms with E-state index in [1.54, 1.807) is 0 Å². The summed E-state index contributed by atoms with van der Waals surface area (Å²) in [6, 6.07) is 5.88. The van der Waals surface area contributed by atoms with Gasteiger partial charge in [0, 0.05) is 21.5 Å². The predicted octanol–water partition coefficient (Wildman–Crippen LogP) is 3.68. The number of anilines is 2. The van der Waals surface area contributed by atoms with Crippen LogP contribution in [0.2, 0.25) is 0 Å². The molecule has 3 heteroatoms. The van der Waals surface area contributed by atoms with Gasteiger partial charge in [-0.3, -0.25) is 0 Å². The summed E-state index contributed by atoms with van der Waals surface area (Å²) in [5.41, 5.74) is 8.72. The highest BCUT2D eigenvalue weighted by molar-refractivity contribution is 9.10. The minimum absolute atomic E-state index is 0.750. The lowest BCUT2D eigenvalue weighted by Crippen LogP contribution is -1.99. The van der Waals surface area contributed by atoms with Crippen LogP contribution in [-0.2, 0) is 0 Å². The molecule has 1 aliphatic rings. The van der Waals surface area contributed by atoms with E-state index in [4.69, 9.17) is 5.73 Å². The van der Waals surface area contributed by atoms with Crippen LogP contribution in [0.3, 0.4) is 0 Å². The fourth-order valence-corrected chi connectivity index (χ4v) is 1.74. The molecular weight excluding hydrogens is 252 g/mol. The van der Waals surface area contributed by atoms with Gasteiger partial charge in [-0.05, 0) is 53.0 Å². The Bertz CT molecular complexity index is 422. The Morgan fingerprint density at radius 1 is 1.27 bits per heavy atom. The highest BCUT2D eigenvalue weighted by atomic mass is 79.9. The van der Waals surface area contributed by atoms with Gasteiger partial charge < -0.3 is 11.1 Å². The van der Waals surface area contributed by atoms with Crippen molar-refractivity contribution in [3.63, 3.8) is 0 Å². The van der Waals surface area contributed by atoms with Gasteiger partial charge in [0.05, 0.1) is 0 Å². The van der Waals surface area contributed by atoms with Crippen LogP contribution < -0.4 is 11.1 Å². The highest BCUT2D eigenvalue weighted by Crippen LogP contribution is 2.24. The molecule has 0 bridgehead atoms. The van der Waals surface area contributed by atoms with Crippen LogP contribution in [0.5, 0.6) is 0 Å². The van der Waals surface area contributed by atoms with Crippen molar-refractivity contribution in [2.75, 3.05) is 11.1 Å². The van der Waals surface area contributed by atoms with Crippen molar-refractivity contribution < 1.29 is 0 Å². The van der Waals surface area contributed by atoms with Crippen LogP contribution >= 0.6 is 15.9 Å². The van der Waals surface area contributed by atoms with Gasteiger partial charge in [-0.25, -0.2) is 0 Å². The van der Waals surface area contributed by atoms with E-state index in [1.165, 1.54) is 0 Å². The molecule has 0 heterocycles. The van der Waals surface area contributed by atoms with E-state index in [0.29, 0.717) is 0 Å². The van der Waals surface area contributed by atoms with Crippen LogP contribution in [-0.4, -0.2) is 0 Å². The topological polar surface area (TPSA) is 38.0 Å². The van der Waals surface area contributed by atoms with Crippen LogP contribution in [0.15, 0.2) is 46.6 Å². The summed E-state index contributed by atoms with van der Waals surface area (Å²) in [5.74, 6) is 0. The van der Waals surface area contributed by atoms with Crippen molar-refractivity contribution in [1.29, 1.82) is 0 Å². The predicted molar refractivity (Wildman–Crippen MR) is 68.6 cm³/mol. The first-order valence-corrected chi connectivity index (χ1v) is 5.74. The zero-order valence-electron chi connectivity index (χ0n) is 8.33. The van der Waals surface area contributed by atoms with Crippen LogP contribution in [0.25, 0.3) is 0 Å². The minimum Gasteiger partial charge on any atom is -0.398 e. The van der Waals surface area contributed by atoms with Crippen LogP contribution in [0.1, 0.15) is 12.8 Å². The fourth-order valence-electron chi connectivity index (χ4n) is 1.49. The normalized spacial score (nSPS) is 14.9. The first-order valence-electron chi connectivity index (χ1n) is 4.94. The van der Waals surface area contributed by atoms with Gasteiger partial charge in [0.15, 0.2) is 0 Å². The number of nitrogens with one attached hydrogen (secondary N) is 1. The number of allylic oxidation sites excluding steroid dienone is 3. The van der Waals surface area contributed by atoms with Gasteiger partial charge in [0.2, 0.25) is 0 Å². The monoisotopic (exact) mass is 264 g/mol. The molecule has 3 N–H and O–H groups in total. The number of benzene rings is 1. The molecule has 1 aromatic carbocycles. The van der Waals surface area contributed by atoms with E-state index in [1.807, 2.05) is 18.2 Å². The molecule has 15 heavy (non-hydrogen) atoms. The Balaban J connectivity index is 2.14. The molecule has 0 unspecified atom stereocenters. The van der Waals surface area contributed by atoms with Gasteiger partial charge in [0.25, 0.3) is 0 Å². The third kappa shape index (κ3) is 2.63. The van der Waals surface area contributed by atoms with E-state index < -0.39 is 0 Å². The van der Waals surface area contributed by atoms with Crippen LogP contribution in [0, 0.1) is 0 Å². The Morgan fingerprint density at radius 3 is 2.80 bits per heavy atom. The molecule has 0 radical (unpaired) electrons. The van der Waals surface area contributed by atoms with Gasteiger partial charge in [0.1, 0.15) is 0 Å². The molecule has 0 atom stereocenters. The fraction of sp³-hybridized carbons (Fsp3) is 0.167. The lowest BCUT2D eigenvalue weighted by Gasteiger charge is -2.11. The zero-order valence-corrected chi connectivity index (χ0v) is 9.92. The summed E-state index contributed by atoms with van der Waals surface area (Å²) in [4.78, 5) is 0. The van der Waals surface area contributed by atoms with E-state index in [0.717, 1.165) is 34.4 Å². The number of rotatable bonds is 2. The van der Waals surface area contributed by atoms with Crippen molar-refractivity contribution in [2.45, 2.75) is 12.8 Å². The molecule has 0 saturated carbocycles. The van der Waals surface area contributed by atoms with Crippen LogP contribution in [0.4, 0.5) is 11.4 Å². The Labute approximate surface area is 98.0 Å². The molecule has 78 valence electrons. The molecule has 0 aliphatic heterocycles. The molecule has 0 spiro atoms. The van der Waals surface area contributed by atoms with Gasteiger partial charge in [-0.15, -0.1) is 0 Å². The SMILES string of the molecule is Nc1cc(NC2=CCCC=C2)ccc1Br. The number of halogens is 1. The van der Waals surface area contributed by atoms with E-state index >= 15 is 0 Å². The van der Waals surface area contributed by atoms with Gasteiger partial charge in [-0.1, -0.05) is 12.2 Å². The Hall–Kier alpha value is -1.22. The van der Waals surface area contributed by atoms with Crippen molar-refractivity contribution in [1.82, 2.24) is 0 Å². The molecule has 0 fully saturated rings. The second-order valence-corrected chi connectivity index (χ2v) is 4.35. The van der Waals surface area contributed by atoms with Crippen molar-refractivity contribution >= 4 is 27.3 Å². The standard InChI is InChI=1S/C12H13BrN2/c13-11-7-6-10(8-12(11)14)15-9-4-2-1-3-5-9/h2,4-8,15H,1,3,14H2. The van der Waals surface area contributed by atoms with E-state index in [9.17, 15) is 0 Å². The minimum atomic E-state index is 0.750. The maximum Gasteiger partial charge on any atom is 0.0479 e. The smallest absolute Gasteiger partial charge is 0.0479 e. The second-order valence-electron chi connectivity index (χ2n) is 3.50. The number of nitrogens with two attached hydrogens (primary N) is 1. The van der Waals surface area contributed by atoms with Gasteiger partial charge >= 0.3 is 0 Å². The Morgan fingerprint density at radius 2 is 2.13 bits per heavy atom. The van der Waals surface area contributed by atoms with E-state index in [2.05, 4.69) is 39.5 Å². The number of nitrogen functional groups attached to an aromatic ring is 1. The molecule has 0 amide bonds. The summed E-state index contributed by atoms with van der Waals surface area (Å²) in [7, 11) is 0. The summed E-state index contributed by atoms with van der Waals surface area (Å²) in [5, 5.41) is 3.32. The molecule has 2 nitrogen and oxygen atoms in total. The third-order valence-electron chi connectivity index (χ3n) is 2.28. The molecule has 0 saturated heterocycles. The summed E-state index contributed by atoms with van der Waals surface area (Å²) >= 11 is 3.37. The Kier molecular flexibility index (Phi) is 3.11. The average Bonchev–Trinajstić information content (AvgIpc) is 2.25. The molecule has 2 rings (SSSR count). The van der Waals surface area contributed by atoms with Crippen molar-refractivity contribution in [3.05, 3.63) is 46.6 Å². The van der Waals surface area contributed by atoms with E-state index in [-0.39, 0.29) is 0 Å². The molecule has 1 aromatic rings. The summed E-state index contributed by atoms with van der Waals surface area (Å²) in [6.07, 6.45) is 8.70. The second kappa shape index (κ2) is 4.53. The highest BCUT2D eigenvalue weighted by Gasteiger charge is 2.00. The van der Waals surface area contributed by atoms with Crippen molar-refractivity contribution in [3.8, 4) is 0 Å². The largest absolute Gasteiger partial charge is 0.398 e. The summed E-state index contributed by atoms with van der Waals surface area (Å²) in [6.45, 7) is 0. The zero-order chi connectivity index (χ0) is 10.7. The molecular formula is C12H13BrN2. The lowest BCUT2D eigenvalue weighted by atomic mass is 10.1. The lowest BCUT2D eigenvalue weighted by molar-refractivity contribution is 1.02. The molecule has 0 aromatic heterocycles. The number of hydrogen-bond acceptors (Lipinski definition) is 2. The third-order valence-corrected chi connectivity index (χ3v) is 3.00. The molecule has 1 aliphatic carbocycles. The quantitative estimate of drug-likeness (QED) is 0.800. The number of hydrogen-bond donors (Lipinski definition) is 2. The average molecular weight is 265 g/mol. The first-order chi connectivity index (χ1) is 7.25. The van der Waals surface area contributed by atoms with Gasteiger partial charge in [-0.2, -0.15) is 0 Å². The maximum atomic E-state index is 5.80. The first kappa shape index (κ1) is 10.3. The van der Waals surface area contributed by atoms with Crippen molar-refractivity contribution in [2.24, 2.45) is 0 Å².